The van der Waals surface area contributed by atoms with Crippen molar-refractivity contribution in [3.63, 3.8) is 0 Å². The van der Waals surface area contributed by atoms with Crippen LogP contribution in [0.1, 0.15) is 21.0 Å². The van der Waals surface area contributed by atoms with E-state index in [2.05, 4.69) is 9.97 Å². The van der Waals surface area contributed by atoms with Crippen LogP contribution in [-0.2, 0) is 0 Å². The van der Waals surface area contributed by atoms with Crippen LogP contribution in [0.25, 0.3) is 0 Å². The number of nitrogens with zero attached hydrogens (tertiary/aromatic N) is 2. The summed E-state index contributed by atoms with van der Waals surface area (Å²) >= 11 is 0. The van der Waals surface area contributed by atoms with Gasteiger partial charge in [-0.2, -0.15) is 13.2 Å². The second-order valence-electron chi connectivity index (χ2n) is 3.50. The largest absolute Gasteiger partial charge is 0.477 e. The number of hydrogen-bond donors (Lipinski definition) is 3. The molecule has 0 aliphatic rings. The van der Waals surface area contributed by atoms with Gasteiger partial charge < -0.3 is 20.1 Å². The van der Waals surface area contributed by atoms with Crippen LogP contribution in [0.15, 0.2) is 6.33 Å². The van der Waals surface area contributed by atoms with Gasteiger partial charge in [-0.1, -0.05) is 0 Å². The maximum Gasteiger partial charge on any atom is 0.406 e. The SMILES string of the molecule is O=C(O)c1[nH]cnc1C(=O)N(CCO)CC(F)(F)F. The number of aromatic carboxylic acids is 1. The molecule has 0 aliphatic heterocycles. The van der Waals surface area contributed by atoms with Crippen LogP contribution >= 0.6 is 0 Å². The lowest BCUT2D eigenvalue weighted by Gasteiger charge is -2.22. The smallest absolute Gasteiger partial charge is 0.406 e. The van der Waals surface area contributed by atoms with E-state index in [0.717, 1.165) is 6.33 Å². The maximum absolute atomic E-state index is 12.3. The topological polar surface area (TPSA) is 107 Å². The van der Waals surface area contributed by atoms with Crippen LogP contribution in [0.4, 0.5) is 13.2 Å². The second kappa shape index (κ2) is 5.69. The number of aromatic nitrogens is 2. The van der Waals surface area contributed by atoms with Gasteiger partial charge in [-0.15, -0.1) is 0 Å². The number of carbonyl (C=O) groups is 2. The predicted octanol–water partition coefficient (Wildman–Crippen LogP) is 0.105. The van der Waals surface area contributed by atoms with Crippen molar-refractivity contribution in [2.45, 2.75) is 6.18 Å². The standard InChI is InChI=1S/C9H10F3N3O4/c10-9(11,12)3-15(1-2-16)7(17)5-6(8(18)19)14-4-13-5/h4,16H,1-3H2,(H,13,14)(H,18,19). The molecule has 0 bridgehead atoms. The molecule has 1 heterocycles. The molecule has 1 aromatic rings. The van der Waals surface area contributed by atoms with E-state index in [1.807, 2.05) is 0 Å². The molecule has 1 aromatic heterocycles. The lowest BCUT2D eigenvalue weighted by molar-refractivity contribution is -0.141. The van der Waals surface area contributed by atoms with Crippen LogP contribution in [0.2, 0.25) is 0 Å². The van der Waals surface area contributed by atoms with Gasteiger partial charge in [-0.25, -0.2) is 9.78 Å². The highest BCUT2D eigenvalue weighted by Gasteiger charge is 2.35. The number of carboxylic acids is 1. The summed E-state index contributed by atoms with van der Waals surface area (Å²) in [5.41, 5.74) is -1.24. The Balaban J connectivity index is 2.99. The molecule has 106 valence electrons. The average Bonchev–Trinajstić information content (AvgIpc) is 2.74. The lowest BCUT2D eigenvalue weighted by atomic mass is 10.2. The van der Waals surface area contributed by atoms with E-state index in [0.29, 0.717) is 0 Å². The molecular weight excluding hydrogens is 271 g/mol. The Morgan fingerprint density at radius 2 is 2.05 bits per heavy atom. The number of aromatic amines is 1. The Morgan fingerprint density at radius 1 is 1.42 bits per heavy atom. The molecule has 0 unspecified atom stereocenters. The summed E-state index contributed by atoms with van der Waals surface area (Å²) < 4.78 is 36.8. The lowest BCUT2D eigenvalue weighted by Crippen LogP contribution is -2.41. The van der Waals surface area contributed by atoms with Gasteiger partial charge in [0, 0.05) is 6.54 Å². The summed E-state index contributed by atoms with van der Waals surface area (Å²) in [5, 5.41) is 17.4. The van der Waals surface area contributed by atoms with E-state index in [1.165, 1.54) is 0 Å². The Morgan fingerprint density at radius 3 is 2.53 bits per heavy atom. The first kappa shape index (κ1) is 15.0. The number of aliphatic hydroxyl groups is 1. The molecule has 19 heavy (non-hydrogen) atoms. The molecule has 0 spiro atoms. The molecule has 0 aromatic carbocycles. The third kappa shape index (κ3) is 3.95. The van der Waals surface area contributed by atoms with Gasteiger partial charge in [0.25, 0.3) is 5.91 Å². The van der Waals surface area contributed by atoms with E-state index in [-0.39, 0.29) is 4.90 Å². The molecule has 1 amide bonds. The molecule has 10 heteroatoms. The van der Waals surface area contributed by atoms with Crippen LogP contribution < -0.4 is 0 Å². The number of aliphatic hydroxyl groups excluding tert-OH is 1. The van der Waals surface area contributed by atoms with Crippen molar-refractivity contribution in [1.29, 1.82) is 0 Å². The number of imidazole rings is 1. The Hall–Kier alpha value is -2.10. The number of nitrogens with one attached hydrogen (secondary N) is 1. The van der Waals surface area contributed by atoms with E-state index < -0.39 is 49.1 Å². The van der Waals surface area contributed by atoms with Crippen LogP contribution in [-0.4, -0.2) is 62.8 Å². The van der Waals surface area contributed by atoms with Gasteiger partial charge in [0.1, 0.15) is 6.54 Å². The number of amides is 1. The van der Waals surface area contributed by atoms with Crippen LogP contribution in [0.5, 0.6) is 0 Å². The molecule has 0 saturated heterocycles. The summed E-state index contributed by atoms with van der Waals surface area (Å²) in [7, 11) is 0. The van der Waals surface area contributed by atoms with Crippen molar-refractivity contribution in [1.82, 2.24) is 14.9 Å². The zero-order valence-corrected chi connectivity index (χ0v) is 9.44. The van der Waals surface area contributed by atoms with E-state index in [9.17, 15) is 22.8 Å². The monoisotopic (exact) mass is 281 g/mol. The highest BCUT2D eigenvalue weighted by Crippen LogP contribution is 2.18. The van der Waals surface area contributed by atoms with Crippen molar-refractivity contribution in [2.75, 3.05) is 19.7 Å². The summed E-state index contributed by atoms with van der Waals surface area (Å²) in [6.45, 7) is -2.86. The summed E-state index contributed by atoms with van der Waals surface area (Å²) in [6, 6.07) is 0. The molecule has 1 rings (SSSR count). The fraction of sp³-hybridized carbons (Fsp3) is 0.444. The predicted molar refractivity (Wildman–Crippen MR) is 54.6 cm³/mol. The van der Waals surface area contributed by atoms with E-state index >= 15 is 0 Å². The minimum Gasteiger partial charge on any atom is -0.477 e. The highest BCUT2D eigenvalue weighted by molar-refractivity contribution is 6.02. The molecule has 0 saturated carbocycles. The zero-order chi connectivity index (χ0) is 14.6. The number of carbonyl (C=O) groups excluding carboxylic acids is 1. The number of rotatable bonds is 5. The third-order valence-electron chi connectivity index (χ3n) is 2.08. The van der Waals surface area contributed by atoms with Gasteiger partial charge in [-0.3, -0.25) is 4.79 Å². The third-order valence-corrected chi connectivity index (χ3v) is 2.08. The number of carboxylic acid groups (broad SMARTS) is 1. The minimum atomic E-state index is -4.66. The number of H-pyrrole nitrogens is 1. The fourth-order valence-corrected chi connectivity index (χ4v) is 1.36. The first-order valence-electron chi connectivity index (χ1n) is 5.00. The average molecular weight is 281 g/mol. The van der Waals surface area contributed by atoms with Crippen molar-refractivity contribution in [2.24, 2.45) is 0 Å². The highest BCUT2D eigenvalue weighted by atomic mass is 19.4. The van der Waals surface area contributed by atoms with Gasteiger partial charge in [0.05, 0.1) is 12.9 Å². The molecule has 0 aliphatic carbocycles. The molecule has 7 nitrogen and oxygen atoms in total. The van der Waals surface area contributed by atoms with Crippen molar-refractivity contribution in [3.8, 4) is 0 Å². The summed E-state index contributed by atoms with van der Waals surface area (Å²) in [6.07, 6.45) is -3.77. The van der Waals surface area contributed by atoms with Crippen molar-refractivity contribution >= 4 is 11.9 Å². The van der Waals surface area contributed by atoms with Gasteiger partial charge in [0.15, 0.2) is 11.4 Å². The number of hydrogen-bond acceptors (Lipinski definition) is 4. The Kier molecular flexibility index (Phi) is 4.48. The maximum atomic E-state index is 12.3. The van der Waals surface area contributed by atoms with Crippen molar-refractivity contribution < 1.29 is 33.0 Å². The van der Waals surface area contributed by atoms with E-state index in [4.69, 9.17) is 10.2 Å². The molecule has 0 radical (unpaired) electrons. The first-order valence-corrected chi connectivity index (χ1v) is 5.00. The van der Waals surface area contributed by atoms with Crippen LogP contribution in [0.3, 0.4) is 0 Å². The zero-order valence-electron chi connectivity index (χ0n) is 9.44. The van der Waals surface area contributed by atoms with E-state index in [1.54, 1.807) is 0 Å². The Labute approximate surface area is 104 Å². The number of alkyl halides is 3. The van der Waals surface area contributed by atoms with Gasteiger partial charge in [0.2, 0.25) is 0 Å². The fourth-order valence-electron chi connectivity index (χ4n) is 1.36. The quantitative estimate of drug-likeness (QED) is 0.710. The first-order chi connectivity index (χ1) is 8.76. The van der Waals surface area contributed by atoms with Crippen molar-refractivity contribution in [3.05, 3.63) is 17.7 Å². The molecular formula is C9H10F3N3O4. The summed E-state index contributed by atoms with van der Waals surface area (Å²) in [4.78, 5) is 28.3. The molecule has 0 atom stereocenters. The van der Waals surface area contributed by atoms with Crippen LogP contribution in [0, 0.1) is 0 Å². The number of halogens is 3. The normalized spacial score (nSPS) is 11.4. The molecule has 0 fully saturated rings. The Bertz CT molecular complexity index is 472. The molecule has 3 N–H and O–H groups in total. The summed E-state index contributed by atoms with van der Waals surface area (Å²) in [5.74, 6) is -2.73. The van der Waals surface area contributed by atoms with Gasteiger partial charge in [-0.05, 0) is 0 Å². The minimum absolute atomic E-state index is 0.280. The van der Waals surface area contributed by atoms with Gasteiger partial charge >= 0.3 is 12.1 Å². The second-order valence-corrected chi connectivity index (χ2v) is 3.50.